The fraction of sp³-hybridized carbons (Fsp3) is 0.250. The standard InChI is InChI=1S/C24H24N2O3S/c27-23(21-17-30-18-26(21)24(28)22-12-7-15-29-22)25(16-20-10-5-2-6-11-20)14-13-19-8-3-1-4-9-19/h1-12,15,21H,13-14,16-18H2. The highest BCUT2D eigenvalue weighted by Crippen LogP contribution is 2.25. The summed E-state index contributed by atoms with van der Waals surface area (Å²) in [4.78, 5) is 29.9. The summed E-state index contributed by atoms with van der Waals surface area (Å²) in [7, 11) is 0. The number of amides is 2. The molecule has 154 valence electrons. The first kappa shape index (κ1) is 20.3. The summed E-state index contributed by atoms with van der Waals surface area (Å²) in [6, 6.07) is 23.0. The molecule has 0 spiro atoms. The lowest BCUT2D eigenvalue weighted by atomic mass is 10.1. The molecule has 1 aliphatic heterocycles. The molecule has 0 saturated carbocycles. The Morgan fingerprint density at radius 2 is 1.67 bits per heavy atom. The van der Waals surface area contributed by atoms with Crippen molar-refractivity contribution < 1.29 is 14.0 Å². The number of carbonyl (C=O) groups is 2. The summed E-state index contributed by atoms with van der Waals surface area (Å²) < 4.78 is 5.27. The van der Waals surface area contributed by atoms with Crippen LogP contribution in [0.4, 0.5) is 0 Å². The van der Waals surface area contributed by atoms with Gasteiger partial charge < -0.3 is 14.2 Å². The van der Waals surface area contributed by atoms with E-state index in [2.05, 4.69) is 12.1 Å². The third-order valence-electron chi connectivity index (χ3n) is 5.20. The lowest BCUT2D eigenvalue weighted by Gasteiger charge is -2.29. The Hall–Kier alpha value is -2.99. The molecule has 0 aliphatic carbocycles. The molecular weight excluding hydrogens is 396 g/mol. The van der Waals surface area contributed by atoms with E-state index >= 15 is 0 Å². The predicted octanol–water partition coefficient (Wildman–Crippen LogP) is 4.07. The molecule has 1 atom stereocenters. The highest BCUT2D eigenvalue weighted by molar-refractivity contribution is 7.99. The van der Waals surface area contributed by atoms with Gasteiger partial charge in [0.2, 0.25) is 5.91 Å². The zero-order valence-electron chi connectivity index (χ0n) is 16.6. The van der Waals surface area contributed by atoms with Crippen molar-refractivity contribution in [2.45, 2.75) is 19.0 Å². The van der Waals surface area contributed by atoms with Crippen molar-refractivity contribution in [2.75, 3.05) is 18.2 Å². The average molecular weight is 421 g/mol. The summed E-state index contributed by atoms with van der Waals surface area (Å²) in [5, 5.41) is 0. The highest BCUT2D eigenvalue weighted by Gasteiger charge is 2.38. The first-order chi connectivity index (χ1) is 14.7. The monoisotopic (exact) mass is 420 g/mol. The van der Waals surface area contributed by atoms with Crippen LogP contribution in [-0.2, 0) is 17.8 Å². The molecule has 5 nitrogen and oxygen atoms in total. The van der Waals surface area contributed by atoms with Crippen molar-refractivity contribution in [2.24, 2.45) is 0 Å². The van der Waals surface area contributed by atoms with Crippen LogP contribution >= 0.6 is 11.8 Å². The van der Waals surface area contributed by atoms with Gasteiger partial charge in [0.15, 0.2) is 5.76 Å². The van der Waals surface area contributed by atoms with E-state index < -0.39 is 6.04 Å². The molecule has 0 N–H and O–H groups in total. The molecule has 2 heterocycles. The van der Waals surface area contributed by atoms with E-state index in [9.17, 15) is 9.59 Å². The fourth-order valence-corrected chi connectivity index (χ4v) is 4.72. The van der Waals surface area contributed by atoms with Crippen LogP contribution in [-0.4, -0.2) is 45.8 Å². The first-order valence-corrected chi connectivity index (χ1v) is 11.2. The zero-order valence-corrected chi connectivity index (χ0v) is 17.5. The molecule has 0 bridgehead atoms. The minimum absolute atomic E-state index is 0.0142. The molecule has 1 fully saturated rings. The highest BCUT2D eigenvalue weighted by atomic mass is 32.2. The third kappa shape index (κ3) is 4.76. The number of hydrogen-bond donors (Lipinski definition) is 0. The van der Waals surface area contributed by atoms with Crippen molar-refractivity contribution in [3.8, 4) is 0 Å². The molecule has 1 aliphatic rings. The van der Waals surface area contributed by atoms with Gasteiger partial charge >= 0.3 is 0 Å². The van der Waals surface area contributed by atoms with E-state index in [1.807, 2.05) is 53.4 Å². The third-order valence-corrected chi connectivity index (χ3v) is 6.21. The lowest BCUT2D eigenvalue weighted by Crippen LogP contribution is -2.49. The van der Waals surface area contributed by atoms with Crippen LogP contribution in [0.15, 0.2) is 83.5 Å². The van der Waals surface area contributed by atoms with E-state index in [1.165, 1.54) is 11.8 Å². The number of nitrogens with zero attached hydrogens (tertiary/aromatic N) is 2. The maximum atomic E-state index is 13.5. The largest absolute Gasteiger partial charge is 0.459 e. The zero-order chi connectivity index (χ0) is 20.8. The van der Waals surface area contributed by atoms with Gasteiger partial charge in [-0.05, 0) is 29.7 Å². The Morgan fingerprint density at radius 3 is 2.33 bits per heavy atom. The van der Waals surface area contributed by atoms with E-state index in [0.717, 1.165) is 12.0 Å². The Balaban J connectivity index is 1.52. The Bertz CT molecular complexity index is 961. The second-order valence-electron chi connectivity index (χ2n) is 7.25. The second-order valence-corrected chi connectivity index (χ2v) is 8.25. The van der Waals surface area contributed by atoms with Crippen LogP contribution in [0.3, 0.4) is 0 Å². The van der Waals surface area contributed by atoms with E-state index in [0.29, 0.717) is 24.7 Å². The van der Waals surface area contributed by atoms with Gasteiger partial charge in [-0.1, -0.05) is 60.7 Å². The molecule has 1 aromatic heterocycles. The van der Waals surface area contributed by atoms with Crippen molar-refractivity contribution >= 4 is 23.6 Å². The number of furan rings is 1. The predicted molar refractivity (Wildman–Crippen MR) is 118 cm³/mol. The van der Waals surface area contributed by atoms with Gasteiger partial charge in [-0.2, -0.15) is 0 Å². The minimum atomic E-state index is -0.480. The van der Waals surface area contributed by atoms with Crippen LogP contribution in [0.5, 0.6) is 0 Å². The van der Waals surface area contributed by atoms with E-state index in [1.54, 1.807) is 28.8 Å². The van der Waals surface area contributed by atoms with Crippen LogP contribution in [0, 0.1) is 0 Å². The summed E-state index contributed by atoms with van der Waals surface area (Å²) in [6.07, 6.45) is 2.25. The van der Waals surface area contributed by atoms with Crippen LogP contribution < -0.4 is 0 Å². The number of carbonyl (C=O) groups excluding carboxylic acids is 2. The minimum Gasteiger partial charge on any atom is -0.459 e. The van der Waals surface area contributed by atoms with Gasteiger partial charge in [0.1, 0.15) is 6.04 Å². The first-order valence-electron chi connectivity index (χ1n) is 10.0. The topological polar surface area (TPSA) is 53.8 Å². The molecule has 6 heteroatoms. The molecule has 2 amide bonds. The van der Waals surface area contributed by atoms with Gasteiger partial charge in [-0.15, -0.1) is 11.8 Å². The number of hydrogen-bond acceptors (Lipinski definition) is 4. The van der Waals surface area contributed by atoms with Crippen molar-refractivity contribution in [1.29, 1.82) is 0 Å². The SMILES string of the molecule is O=C(C1CSCN1C(=O)c1ccco1)N(CCc1ccccc1)Cc1ccccc1. The maximum Gasteiger partial charge on any atom is 0.290 e. The van der Waals surface area contributed by atoms with Crippen LogP contribution in [0.2, 0.25) is 0 Å². The van der Waals surface area contributed by atoms with E-state index in [-0.39, 0.29) is 17.6 Å². The fourth-order valence-electron chi connectivity index (χ4n) is 3.58. The van der Waals surface area contributed by atoms with Gasteiger partial charge in [0.25, 0.3) is 5.91 Å². The summed E-state index contributed by atoms with van der Waals surface area (Å²) in [5.74, 6) is 1.12. The number of rotatable bonds is 7. The van der Waals surface area contributed by atoms with Gasteiger partial charge in [0.05, 0.1) is 12.1 Å². The normalized spacial score (nSPS) is 15.9. The van der Waals surface area contributed by atoms with Crippen molar-refractivity contribution in [3.63, 3.8) is 0 Å². The van der Waals surface area contributed by atoms with E-state index in [4.69, 9.17) is 4.42 Å². The molecule has 4 rings (SSSR count). The smallest absolute Gasteiger partial charge is 0.290 e. The number of thioether (sulfide) groups is 1. The van der Waals surface area contributed by atoms with Crippen LogP contribution in [0.1, 0.15) is 21.7 Å². The maximum absolute atomic E-state index is 13.5. The Labute approximate surface area is 180 Å². The molecule has 1 unspecified atom stereocenters. The van der Waals surface area contributed by atoms with Crippen molar-refractivity contribution in [1.82, 2.24) is 9.80 Å². The molecule has 0 radical (unpaired) electrons. The van der Waals surface area contributed by atoms with Gasteiger partial charge in [-0.25, -0.2) is 0 Å². The quantitative estimate of drug-likeness (QED) is 0.578. The summed E-state index contributed by atoms with van der Waals surface area (Å²) in [5.41, 5.74) is 2.26. The average Bonchev–Trinajstić information content (AvgIpc) is 3.49. The Kier molecular flexibility index (Phi) is 6.54. The molecule has 2 aromatic carbocycles. The molecule has 3 aromatic rings. The van der Waals surface area contributed by atoms with Gasteiger partial charge in [0, 0.05) is 18.8 Å². The lowest BCUT2D eigenvalue weighted by molar-refractivity contribution is -0.135. The van der Waals surface area contributed by atoms with Crippen molar-refractivity contribution in [3.05, 3.63) is 95.9 Å². The molecule has 30 heavy (non-hydrogen) atoms. The van der Waals surface area contributed by atoms with Crippen LogP contribution in [0.25, 0.3) is 0 Å². The summed E-state index contributed by atoms with van der Waals surface area (Å²) >= 11 is 1.60. The summed E-state index contributed by atoms with van der Waals surface area (Å²) in [6.45, 7) is 1.12. The molecule has 1 saturated heterocycles. The Morgan fingerprint density at radius 1 is 0.967 bits per heavy atom. The second kappa shape index (κ2) is 9.67. The number of benzene rings is 2. The van der Waals surface area contributed by atoms with Gasteiger partial charge in [-0.3, -0.25) is 9.59 Å². The molecular formula is C24H24N2O3S.